The van der Waals surface area contributed by atoms with Crippen molar-refractivity contribution in [3.63, 3.8) is 0 Å². The third-order valence-electron chi connectivity index (χ3n) is 5.16. The number of hydrogen-bond donors (Lipinski definition) is 2. The summed E-state index contributed by atoms with van der Waals surface area (Å²) < 4.78 is 5.89. The lowest BCUT2D eigenvalue weighted by Crippen LogP contribution is -2.23. The Bertz CT molecular complexity index is 1150. The molecule has 0 aliphatic heterocycles. The topological polar surface area (TPSA) is 96.6 Å². The Balaban J connectivity index is 1.52. The molecule has 2 amide bonds. The van der Waals surface area contributed by atoms with E-state index >= 15 is 0 Å². The van der Waals surface area contributed by atoms with Gasteiger partial charge in [0.15, 0.2) is 5.76 Å². The number of hydrogen-bond acceptors (Lipinski definition) is 5. The highest BCUT2D eigenvalue weighted by Gasteiger charge is 2.28. The average Bonchev–Trinajstić information content (AvgIpc) is 3.14. The van der Waals surface area contributed by atoms with Crippen LogP contribution in [0.5, 0.6) is 0 Å². The third-order valence-corrected chi connectivity index (χ3v) is 5.53. The molecule has 2 heterocycles. The SMILES string of the molecule is Cc1c(C(=O)NCc2ccccc2Cl)oc2c1/C(=N/NC(=O)c1ccncc1)CCC2. The van der Waals surface area contributed by atoms with Gasteiger partial charge in [-0.1, -0.05) is 29.8 Å². The molecule has 0 saturated carbocycles. The lowest BCUT2D eigenvalue weighted by atomic mass is 9.93. The maximum absolute atomic E-state index is 12.8. The van der Waals surface area contributed by atoms with Crippen molar-refractivity contribution < 1.29 is 14.0 Å². The van der Waals surface area contributed by atoms with E-state index in [2.05, 4.69) is 20.8 Å². The predicted molar refractivity (Wildman–Crippen MR) is 117 cm³/mol. The van der Waals surface area contributed by atoms with Crippen molar-refractivity contribution in [2.24, 2.45) is 5.10 Å². The quantitative estimate of drug-likeness (QED) is 0.590. The number of carbonyl (C=O) groups is 2. The van der Waals surface area contributed by atoms with Crippen molar-refractivity contribution in [2.45, 2.75) is 32.7 Å². The number of aromatic nitrogens is 1. The molecule has 0 radical (unpaired) electrons. The summed E-state index contributed by atoms with van der Waals surface area (Å²) in [6, 6.07) is 10.6. The number of carbonyl (C=O) groups excluding carboxylic acids is 2. The van der Waals surface area contributed by atoms with E-state index in [4.69, 9.17) is 16.0 Å². The average molecular weight is 437 g/mol. The molecule has 1 aliphatic carbocycles. The van der Waals surface area contributed by atoms with Crippen LogP contribution >= 0.6 is 11.6 Å². The zero-order valence-electron chi connectivity index (χ0n) is 16.9. The van der Waals surface area contributed by atoms with E-state index in [-0.39, 0.29) is 17.6 Å². The summed E-state index contributed by atoms with van der Waals surface area (Å²) in [6.07, 6.45) is 5.32. The molecule has 158 valence electrons. The summed E-state index contributed by atoms with van der Waals surface area (Å²) in [5.41, 5.74) is 6.10. The molecule has 0 fully saturated rings. The van der Waals surface area contributed by atoms with Gasteiger partial charge in [-0.05, 0) is 43.5 Å². The van der Waals surface area contributed by atoms with Gasteiger partial charge in [-0.2, -0.15) is 5.10 Å². The van der Waals surface area contributed by atoms with Crippen LogP contribution in [0.3, 0.4) is 0 Å². The molecule has 3 aromatic rings. The van der Waals surface area contributed by atoms with Gasteiger partial charge in [-0.25, -0.2) is 5.43 Å². The molecular weight excluding hydrogens is 416 g/mol. The second-order valence-corrected chi connectivity index (χ2v) is 7.62. The molecule has 0 saturated heterocycles. The Labute approximate surface area is 184 Å². The van der Waals surface area contributed by atoms with Crippen LogP contribution in [0.2, 0.25) is 5.02 Å². The third kappa shape index (κ3) is 4.51. The van der Waals surface area contributed by atoms with E-state index < -0.39 is 0 Å². The molecule has 0 unspecified atom stereocenters. The first kappa shape index (κ1) is 20.8. The lowest BCUT2D eigenvalue weighted by Gasteiger charge is -2.13. The van der Waals surface area contributed by atoms with E-state index in [0.717, 1.165) is 17.5 Å². The van der Waals surface area contributed by atoms with Crippen LogP contribution in [0.1, 0.15) is 56.2 Å². The van der Waals surface area contributed by atoms with Gasteiger partial charge >= 0.3 is 0 Å². The minimum absolute atomic E-state index is 0.257. The number of hydrazone groups is 1. The standard InChI is InChI=1S/C23H21ClN4O3/c1-14-20-18(27-28-22(29)15-9-11-25-12-10-15)7-4-8-19(20)31-21(14)23(30)26-13-16-5-2-3-6-17(16)24/h2-3,5-6,9-12H,4,7-8,13H2,1H3,(H,26,30)(H,28,29)/b27-18+. The maximum Gasteiger partial charge on any atom is 0.287 e. The molecule has 2 aromatic heterocycles. The van der Waals surface area contributed by atoms with E-state index in [1.807, 2.05) is 25.1 Å². The molecule has 7 nitrogen and oxygen atoms in total. The zero-order chi connectivity index (χ0) is 21.8. The summed E-state index contributed by atoms with van der Waals surface area (Å²) in [5, 5.41) is 7.78. The molecule has 1 aromatic carbocycles. The molecule has 2 N–H and O–H groups in total. The Hall–Kier alpha value is -3.45. The summed E-state index contributed by atoms with van der Waals surface area (Å²) in [6.45, 7) is 2.13. The van der Waals surface area contributed by atoms with Gasteiger partial charge in [0.1, 0.15) is 5.76 Å². The summed E-state index contributed by atoms with van der Waals surface area (Å²) in [4.78, 5) is 29.0. The summed E-state index contributed by atoms with van der Waals surface area (Å²) >= 11 is 6.16. The monoisotopic (exact) mass is 436 g/mol. The second kappa shape index (κ2) is 9.14. The van der Waals surface area contributed by atoms with Crippen LogP contribution in [0, 0.1) is 6.92 Å². The van der Waals surface area contributed by atoms with Crippen LogP contribution in [-0.4, -0.2) is 22.5 Å². The number of aryl methyl sites for hydroxylation is 1. The van der Waals surface area contributed by atoms with E-state index in [1.54, 1.807) is 30.6 Å². The first-order chi connectivity index (χ1) is 15.0. The van der Waals surface area contributed by atoms with Crippen molar-refractivity contribution in [3.05, 3.63) is 87.6 Å². The second-order valence-electron chi connectivity index (χ2n) is 7.22. The van der Waals surface area contributed by atoms with Crippen LogP contribution in [0.15, 0.2) is 58.3 Å². The van der Waals surface area contributed by atoms with E-state index in [9.17, 15) is 9.59 Å². The minimum Gasteiger partial charge on any atom is -0.455 e. The molecule has 4 rings (SSSR count). The maximum atomic E-state index is 12.8. The number of benzene rings is 1. The van der Waals surface area contributed by atoms with Crippen LogP contribution in [-0.2, 0) is 13.0 Å². The molecule has 8 heteroatoms. The first-order valence-electron chi connectivity index (χ1n) is 9.95. The largest absolute Gasteiger partial charge is 0.455 e. The number of amides is 2. The fourth-order valence-corrected chi connectivity index (χ4v) is 3.78. The van der Waals surface area contributed by atoms with Crippen molar-refractivity contribution in [2.75, 3.05) is 0 Å². The fraction of sp³-hybridized carbons (Fsp3) is 0.217. The van der Waals surface area contributed by atoms with Gasteiger partial charge < -0.3 is 9.73 Å². The van der Waals surface area contributed by atoms with Gasteiger partial charge in [0, 0.05) is 47.1 Å². The molecule has 1 aliphatic rings. The number of furan rings is 1. The Morgan fingerprint density at radius 2 is 1.90 bits per heavy atom. The fourth-order valence-electron chi connectivity index (χ4n) is 3.58. The van der Waals surface area contributed by atoms with Crippen molar-refractivity contribution in [1.29, 1.82) is 0 Å². The molecule has 0 spiro atoms. The van der Waals surface area contributed by atoms with Crippen LogP contribution < -0.4 is 10.7 Å². The number of pyridine rings is 1. The number of halogens is 1. The number of rotatable bonds is 5. The van der Waals surface area contributed by atoms with E-state index in [1.165, 1.54) is 0 Å². The van der Waals surface area contributed by atoms with Crippen molar-refractivity contribution in [1.82, 2.24) is 15.7 Å². The van der Waals surface area contributed by atoms with Gasteiger partial charge in [-0.3, -0.25) is 14.6 Å². The Morgan fingerprint density at radius 1 is 1.13 bits per heavy atom. The van der Waals surface area contributed by atoms with Crippen molar-refractivity contribution in [3.8, 4) is 0 Å². The van der Waals surface area contributed by atoms with Gasteiger partial charge in [0.25, 0.3) is 11.8 Å². The highest BCUT2D eigenvalue weighted by molar-refractivity contribution is 6.31. The number of fused-ring (bicyclic) bond motifs is 1. The van der Waals surface area contributed by atoms with Crippen molar-refractivity contribution >= 4 is 29.1 Å². The smallest absolute Gasteiger partial charge is 0.287 e. The van der Waals surface area contributed by atoms with Crippen LogP contribution in [0.25, 0.3) is 0 Å². The summed E-state index contributed by atoms with van der Waals surface area (Å²) in [5.74, 6) is 0.337. The van der Waals surface area contributed by atoms with Crippen LogP contribution in [0.4, 0.5) is 0 Å². The van der Waals surface area contributed by atoms with Gasteiger partial charge in [0.05, 0.1) is 5.71 Å². The van der Waals surface area contributed by atoms with Gasteiger partial charge in [0.2, 0.25) is 0 Å². The highest BCUT2D eigenvalue weighted by atomic mass is 35.5. The first-order valence-corrected chi connectivity index (χ1v) is 10.3. The molecule has 0 bridgehead atoms. The zero-order valence-corrected chi connectivity index (χ0v) is 17.7. The predicted octanol–water partition coefficient (Wildman–Crippen LogP) is 4.04. The normalized spacial score (nSPS) is 14.2. The molecule has 0 atom stereocenters. The van der Waals surface area contributed by atoms with E-state index in [0.29, 0.717) is 47.0 Å². The number of nitrogens with zero attached hydrogens (tertiary/aromatic N) is 2. The summed E-state index contributed by atoms with van der Waals surface area (Å²) in [7, 11) is 0. The van der Waals surface area contributed by atoms with Gasteiger partial charge in [-0.15, -0.1) is 0 Å². The Morgan fingerprint density at radius 3 is 2.68 bits per heavy atom. The molecular formula is C23H21ClN4O3. The Kier molecular flexibility index (Phi) is 6.13. The lowest BCUT2D eigenvalue weighted by molar-refractivity contribution is 0.0919. The number of nitrogens with one attached hydrogen (secondary N) is 2. The highest BCUT2D eigenvalue weighted by Crippen LogP contribution is 2.30. The minimum atomic E-state index is -0.319. The molecule has 31 heavy (non-hydrogen) atoms.